The molecular formula is C30H21BrFN3O4S. The number of amides is 3. The van der Waals surface area contributed by atoms with E-state index in [1.54, 1.807) is 60.7 Å². The Hall–Kier alpha value is -4.41. The first-order chi connectivity index (χ1) is 19.3. The van der Waals surface area contributed by atoms with E-state index in [9.17, 15) is 18.8 Å². The van der Waals surface area contributed by atoms with Crippen LogP contribution in [0.3, 0.4) is 0 Å². The molecule has 4 aromatic carbocycles. The summed E-state index contributed by atoms with van der Waals surface area (Å²) in [4.78, 5) is 41.7. The third-order valence-corrected chi connectivity index (χ3v) is 7.48. The summed E-state index contributed by atoms with van der Waals surface area (Å²) in [7, 11) is 1.53. The van der Waals surface area contributed by atoms with Crippen LogP contribution in [-0.2, 0) is 9.59 Å². The fourth-order valence-electron chi connectivity index (χ4n) is 3.94. The Morgan fingerprint density at radius 3 is 2.33 bits per heavy atom. The Balaban J connectivity index is 1.44. The number of ether oxygens (including phenoxy) is 1. The minimum atomic E-state index is -0.565. The van der Waals surface area contributed by atoms with Crippen LogP contribution in [0.25, 0.3) is 0 Å². The summed E-state index contributed by atoms with van der Waals surface area (Å²) in [6.45, 7) is 0. The van der Waals surface area contributed by atoms with Gasteiger partial charge in [-0.05, 0) is 84.9 Å². The van der Waals surface area contributed by atoms with E-state index in [-0.39, 0.29) is 22.2 Å². The molecule has 1 heterocycles. The first-order valence-electron chi connectivity index (χ1n) is 12.0. The first-order valence-corrected chi connectivity index (χ1v) is 13.6. The number of hydrogen-bond acceptors (Lipinski definition) is 6. The number of hydrogen-bond donors (Lipinski definition) is 2. The van der Waals surface area contributed by atoms with Gasteiger partial charge in [0.1, 0.15) is 22.2 Å². The van der Waals surface area contributed by atoms with Gasteiger partial charge in [-0.2, -0.15) is 0 Å². The molecule has 2 N–H and O–H groups in total. The largest absolute Gasteiger partial charge is 0.497 e. The van der Waals surface area contributed by atoms with Crippen molar-refractivity contribution in [2.75, 3.05) is 22.6 Å². The van der Waals surface area contributed by atoms with Crippen molar-refractivity contribution in [3.63, 3.8) is 0 Å². The van der Waals surface area contributed by atoms with Crippen molar-refractivity contribution >= 4 is 62.5 Å². The molecule has 7 nitrogen and oxygen atoms in total. The fourth-order valence-corrected chi connectivity index (χ4v) is 5.19. The Labute approximate surface area is 242 Å². The van der Waals surface area contributed by atoms with Gasteiger partial charge in [0.05, 0.1) is 12.8 Å². The van der Waals surface area contributed by atoms with Gasteiger partial charge >= 0.3 is 0 Å². The standard InChI is InChI=1S/C30H21BrFN3O4S/c1-39-24-6-2-4-18(16-24)28(36)34-22-5-3-7-25(17-22)40-27-26(33-21-12-8-19(31)9-13-21)29(37)35(30(27)38)23-14-10-20(32)11-15-23/h2-17,33H,1H3,(H,34,36). The van der Waals surface area contributed by atoms with Crippen LogP contribution in [0.5, 0.6) is 5.75 Å². The Morgan fingerprint density at radius 2 is 1.60 bits per heavy atom. The zero-order valence-corrected chi connectivity index (χ0v) is 23.4. The molecule has 10 heteroatoms. The summed E-state index contributed by atoms with van der Waals surface area (Å²) in [6.07, 6.45) is 0. The molecular weight excluding hydrogens is 597 g/mol. The molecule has 4 aromatic rings. The molecule has 0 radical (unpaired) electrons. The van der Waals surface area contributed by atoms with E-state index in [0.717, 1.165) is 21.1 Å². The lowest BCUT2D eigenvalue weighted by Crippen LogP contribution is -2.32. The smallest absolute Gasteiger partial charge is 0.283 e. The zero-order chi connectivity index (χ0) is 28.2. The van der Waals surface area contributed by atoms with E-state index in [2.05, 4.69) is 26.6 Å². The number of carbonyl (C=O) groups is 3. The summed E-state index contributed by atoms with van der Waals surface area (Å²) < 4.78 is 19.6. The molecule has 40 heavy (non-hydrogen) atoms. The highest BCUT2D eigenvalue weighted by molar-refractivity contribution is 9.10. The van der Waals surface area contributed by atoms with Gasteiger partial charge in [-0.3, -0.25) is 14.4 Å². The SMILES string of the molecule is COc1cccc(C(=O)Nc2cccc(SC3=C(Nc4ccc(Br)cc4)C(=O)N(c4ccc(F)cc4)C3=O)c2)c1. The van der Waals surface area contributed by atoms with Gasteiger partial charge in [0, 0.05) is 26.3 Å². The maximum Gasteiger partial charge on any atom is 0.283 e. The van der Waals surface area contributed by atoms with Crippen LogP contribution in [0.15, 0.2) is 117 Å². The van der Waals surface area contributed by atoms with Crippen molar-refractivity contribution in [1.29, 1.82) is 0 Å². The highest BCUT2D eigenvalue weighted by Crippen LogP contribution is 2.38. The number of nitrogens with zero attached hydrogens (tertiary/aromatic N) is 1. The molecule has 0 unspecified atom stereocenters. The highest BCUT2D eigenvalue weighted by atomic mass is 79.9. The number of imide groups is 1. The molecule has 5 rings (SSSR count). The monoisotopic (exact) mass is 617 g/mol. The molecule has 0 saturated heterocycles. The second-order valence-corrected chi connectivity index (χ2v) is 10.6. The summed E-state index contributed by atoms with van der Waals surface area (Å²) in [6, 6.07) is 26.0. The van der Waals surface area contributed by atoms with Crippen molar-refractivity contribution in [3.05, 3.63) is 124 Å². The molecule has 0 bridgehead atoms. The molecule has 0 saturated carbocycles. The van der Waals surface area contributed by atoms with Crippen molar-refractivity contribution in [2.45, 2.75) is 4.90 Å². The molecule has 3 amide bonds. The maximum absolute atomic E-state index is 13.6. The summed E-state index contributed by atoms with van der Waals surface area (Å²) in [5, 5.41) is 5.93. The number of benzene rings is 4. The van der Waals surface area contributed by atoms with Gasteiger partial charge in [-0.1, -0.05) is 39.8 Å². The predicted octanol–water partition coefficient (Wildman–Crippen LogP) is 6.84. The number of carbonyl (C=O) groups excluding carboxylic acids is 3. The quantitative estimate of drug-likeness (QED) is 0.211. The Bertz CT molecular complexity index is 1640. The van der Waals surface area contributed by atoms with E-state index < -0.39 is 17.6 Å². The normalized spacial score (nSPS) is 13.0. The number of methoxy groups -OCH3 is 1. The topological polar surface area (TPSA) is 87.7 Å². The second-order valence-electron chi connectivity index (χ2n) is 8.57. The lowest BCUT2D eigenvalue weighted by Gasteiger charge is -2.15. The van der Waals surface area contributed by atoms with Crippen LogP contribution in [0, 0.1) is 5.82 Å². The lowest BCUT2D eigenvalue weighted by atomic mass is 10.2. The maximum atomic E-state index is 13.6. The van der Waals surface area contributed by atoms with Crippen molar-refractivity contribution in [1.82, 2.24) is 0 Å². The van der Waals surface area contributed by atoms with E-state index in [1.165, 1.54) is 31.4 Å². The average molecular weight is 618 g/mol. The van der Waals surface area contributed by atoms with E-state index in [4.69, 9.17) is 4.74 Å². The number of thioether (sulfide) groups is 1. The third-order valence-electron chi connectivity index (χ3n) is 5.88. The molecule has 0 aromatic heterocycles. The van der Waals surface area contributed by atoms with Gasteiger partial charge in [0.2, 0.25) is 0 Å². The van der Waals surface area contributed by atoms with Crippen LogP contribution in [0.2, 0.25) is 0 Å². The second kappa shape index (κ2) is 11.8. The number of halogens is 2. The van der Waals surface area contributed by atoms with Crippen LogP contribution in [0.1, 0.15) is 10.4 Å². The molecule has 0 fully saturated rings. The molecule has 0 spiro atoms. The number of anilines is 3. The van der Waals surface area contributed by atoms with E-state index in [0.29, 0.717) is 27.6 Å². The van der Waals surface area contributed by atoms with E-state index >= 15 is 0 Å². The van der Waals surface area contributed by atoms with Crippen LogP contribution < -0.4 is 20.3 Å². The van der Waals surface area contributed by atoms with Gasteiger partial charge in [-0.15, -0.1) is 0 Å². The lowest BCUT2D eigenvalue weighted by molar-refractivity contribution is -0.120. The van der Waals surface area contributed by atoms with Crippen LogP contribution in [-0.4, -0.2) is 24.8 Å². The van der Waals surface area contributed by atoms with Crippen molar-refractivity contribution in [2.24, 2.45) is 0 Å². The summed E-state index contributed by atoms with van der Waals surface area (Å²) in [5.41, 5.74) is 1.88. The minimum Gasteiger partial charge on any atom is -0.497 e. The number of rotatable bonds is 8. The minimum absolute atomic E-state index is 0.0902. The first kappa shape index (κ1) is 27.2. The zero-order valence-electron chi connectivity index (χ0n) is 21.0. The molecule has 1 aliphatic rings. The van der Waals surface area contributed by atoms with Gasteiger partial charge in [0.15, 0.2) is 0 Å². The highest BCUT2D eigenvalue weighted by Gasteiger charge is 2.40. The van der Waals surface area contributed by atoms with Crippen molar-refractivity contribution < 1.29 is 23.5 Å². The molecule has 1 aliphatic heterocycles. The van der Waals surface area contributed by atoms with Crippen LogP contribution in [0.4, 0.5) is 21.5 Å². The Kier molecular flexibility index (Phi) is 7.99. The summed E-state index contributed by atoms with van der Waals surface area (Å²) >= 11 is 4.48. The van der Waals surface area contributed by atoms with Crippen molar-refractivity contribution in [3.8, 4) is 5.75 Å². The number of nitrogens with one attached hydrogen (secondary N) is 2. The van der Waals surface area contributed by atoms with E-state index in [1.807, 2.05) is 12.1 Å². The Morgan fingerprint density at radius 1 is 0.875 bits per heavy atom. The van der Waals surface area contributed by atoms with Gasteiger partial charge in [-0.25, -0.2) is 9.29 Å². The van der Waals surface area contributed by atoms with Gasteiger partial charge < -0.3 is 15.4 Å². The molecule has 0 atom stereocenters. The summed E-state index contributed by atoms with van der Waals surface area (Å²) in [5.74, 6) is -1.36. The molecule has 200 valence electrons. The fraction of sp³-hybridized carbons (Fsp3) is 0.0333. The van der Waals surface area contributed by atoms with Crippen LogP contribution >= 0.6 is 27.7 Å². The molecule has 0 aliphatic carbocycles. The third kappa shape index (κ3) is 5.93. The predicted molar refractivity (Wildman–Crippen MR) is 157 cm³/mol. The average Bonchev–Trinajstić information content (AvgIpc) is 3.18. The van der Waals surface area contributed by atoms with Gasteiger partial charge in [0.25, 0.3) is 17.7 Å².